The highest BCUT2D eigenvalue weighted by atomic mass is 79.9. The van der Waals surface area contributed by atoms with Gasteiger partial charge in [-0.1, -0.05) is 22.0 Å². The summed E-state index contributed by atoms with van der Waals surface area (Å²) >= 11 is 3.19. The van der Waals surface area contributed by atoms with Gasteiger partial charge >= 0.3 is 5.97 Å². The van der Waals surface area contributed by atoms with E-state index in [0.29, 0.717) is 5.57 Å². The van der Waals surface area contributed by atoms with Gasteiger partial charge in [-0.3, -0.25) is 0 Å². The molecule has 0 saturated heterocycles. The van der Waals surface area contributed by atoms with Crippen LogP contribution in [0.15, 0.2) is 11.6 Å². The number of carboxylic acids is 1. The summed E-state index contributed by atoms with van der Waals surface area (Å²) in [4.78, 5) is 10.1. The minimum Gasteiger partial charge on any atom is -0.478 e. The van der Waals surface area contributed by atoms with Gasteiger partial charge in [-0.05, 0) is 13.3 Å². The van der Waals surface area contributed by atoms with Crippen LogP contribution in [0.3, 0.4) is 0 Å². The first kappa shape index (κ1) is 8.69. The SMILES string of the molecule is C/C(=C\CCBr)C(=O)O. The molecule has 9 heavy (non-hydrogen) atoms. The molecule has 0 aromatic heterocycles. The van der Waals surface area contributed by atoms with Crippen molar-refractivity contribution in [3.8, 4) is 0 Å². The fourth-order valence-electron chi connectivity index (χ4n) is 0.358. The number of hydrogen-bond acceptors (Lipinski definition) is 1. The maximum atomic E-state index is 10.1. The number of allylic oxidation sites excluding steroid dienone is 1. The number of alkyl halides is 1. The number of carbonyl (C=O) groups is 1. The van der Waals surface area contributed by atoms with Crippen LogP contribution >= 0.6 is 15.9 Å². The molecule has 0 atom stereocenters. The molecular formula is C6H9BrO2. The maximum absolute atomic E-state index is 10.1. The van der Waals surface area contributed by atoms with Gasteiger partial charge in [0.05, 0.1) is 0 Å². The van der Waals surface area contributed by atoms with E-state index in [1.54, 1.807) is 13.0 Å². The molecule has 0 saturated carbocycles. The summed E-state index contributed by atoms with van der Waals surface area (Å²) in [7, 11) is 0. The van der Waals surface area contributed by atoms with Crippen LogP contribution in [-0.2, 0) is 4.79 Å². The van der Waals surface area contributed by atoms with E-state index in [1.165, 1.54) is 0 Å². The Morgan fingerprint density at radius 1 is 1.78 bits per heavy atom. The van der Waals surface area contributed by atoms with Gasteiger partial charge in [0.1, 0.15) is 0 Å². The summed E-state index contributed by atoms with van der Waals surface area (Å²) < 4.78 is 0. The zero-order valence-electron chi connectivity index (χ0n) is 5.22. The van der Waals surface area contributed by atoms with E-state index in [-0.39, 0.29) is 0 Å². The van der Waals surface area contributed by atoms with E-state index in [9.17, 15) is 4.79 Å². The standard InChI is InChI=1S/C6H9BrO2/c1-5(6(8)9)3-2-4-7/h3H,2,4H2,1H3,(H,8,9)/b5-3+. The Bertz CT molecular complexity index is 129. The second-order valence-electron chi connectivity index (χ2n) is 1.67. The summed E-state index contributed by atoms with van der Waals surface area (Å²) in [5.41, 5.74) is 0.412. The lowest BCUT2D eigenvalue weighted by atomic mass is 10.2. The first-order chi connectivity index (χ1) is 4.18. The van der Waals surface area contributed by atoms with Gasteiger partial charge in [0.2, 0.25) is 0 Å². The molecule has 2 nitrogen and oxygen atoms in total. The number of aliphatic carboxylic acids is 1. The average Bonchev–Trinajstić information content (AvgIpc) is 1.82. The Kier molecular flexibility index (Phi) is 4.40. The van der Waals surface area contributed by atoms with Crippen molar-refractivity contribution in [2.75, 3.05) is 5.33 Å². The van der Waals surface area contributed by atoms with Gasteiger partial charge in [-0.2, -0.15) is 0 Å². The minimum atomic E-state index is -0.837. The van der Waals surface area contributed by atoms with Gasteiger partial charge in [0.25, 0.3) is 0 Å². The maximum Gasteiger partial charge on any atom is 0.330 e. The van der Waals surface area contributed by atoms with Gasteiger partial charge in [0, 0.05) is 10.9 Å². The molecule has 0 radical (unpaired) electrons. The second-order valence-corrected chi connectivity index (χ2v) is 2.46. The topological polar surface area (TPSA) is 37.3 Å². The van der Waals surface area contributed by atoms with E-state index in [2.05, 4.69) is 15.9 Å². The molecule has 0 unspecified atom stereocenters. The Labute approximate surface area is 62.7 Å². The third kappa shape index (κ3) is 4.21. The number of carboxylic acid groups (broad SMARTS) is 1. The average molecular weight is 193 g/mol. The number of halogens is 1. The fourth-order valence-corrected chi connectivity index (χ4v) is 0.587. The van der Waals surface area contributed by atoms with Crippen molar-refractivity contribution >= 4 is 21.9 Å². The van der Waals surface area contributed by atoms with E-state index in [4.69, 9.17) is 5.11 Å². The lowest BCUT2D eigenvalue weighted by Crippen LogP contribution is -1.95. The molecule has 0 amide bonds. The smallest absolute Gasteiger partial charge is 0.330 e. The Balaban J connectivity index is 3.69. The largest absolute Gasteiger partial charge is 0.478 e. The molecule has 0 bridgehead atoms. The quantitative estimate of drug-likeness (QED) is 0.548. The van der Waals surface area contributed by atoms with Crippen LogP contribution < -0.4 is 0 Å². The minimum absolute atomic E-state index is 0.412. The van der Waals surface area contributed by atoms with Crippen LogP contribution in [0, 0.1) is 0 Å². The first-order valence-corrected chi connectivity index (χ1v) is 3.76. The lowest BCUT2D eigenvalue weighted by molar-refractivity contribution is -0.132. The fraction of sp³-hybridized carbons (Fsp3) is 0.500. The van der Waals surface area contributed by atoms with Crippen molar-refractivity contribution < 1.29 is 9.90 Å². The van der Waals surface area contributed by atoms with Crippen molar-refractivity contribution in [2.45, 2.75) is 13.3 Å². The Morgan fingerprint density at radius 3 is 2.67 bits per heavy atom. The highest BCUT2D eigenvalue weighted by Gasteiger charge is 1.96. The van der Waals surface area contributed by atoms with Crippen molar-refractivity contribution in [3.63, 3.8) is 0 Å². The first-order valence-electron chi connectivity index (χ1n) is 2.64. The van der Waals surface area contributed by atoms with E-state index in [1.807, 2.05) is 0 Å². The van der Waals surface area contributed by atoms with Crippen LogP contribution in [0.4, 0.5) is 0 Å². The highest BCUT2D eigenvalue weighted by molar-refractivity contribution is 9.09. The van der Waals surface area contributed by atoms with Crippen LogP contribution in [0.2, 0.25) is 0 Å². The summed E-state index contributed by atoms with van der Waals surface area (Å²) in [5.74, 6) is -0.837. The number of hydrogen-bond donors (Lipinski definition) is 1. The molecule has 0 aromatic carbocycles. The molecule has 0 aromatic rings. The van der Waals surface area contributed by atoms with Crippen molar-refractivity contribution in [2.24, 2.45) is 0 Å². The Hall–Kier alpha value is -0.310. The predicted octanol–water partition coefficient (Wildman–Crippen LogP) is 1.80. The predicted molar refractivity (Wildman–Crippen MR) is 39.8 cm³/mol. The van der Waals surface area contributed by atoms with Crippen molar-refractivity contribution in [1.29, 1.82) is 0 Å². The molecule has 52 valence electrons. The van der Waals surface area contributed by atoms with Gasteiger partial charge < -0.3 is 5.11 Å². The van der Waals surface area contributed by atoms with Crippen LogP contribution in [0.1, 0.15) is 13.3 Å². The van der Waals surface area contributed by atoms with Crippen molar-refractivity contribution in [1.82, 2.24) is 0 Å². The molecule has 3 heteroatoms. The molecule has 0 aliphatic heterocycles. The molecular weight excluding hydrogens is 184 g/mol. The third-order valence-corrected chi connectivity index (χ3v) is 1.35. The second kappa shape index (κ2) is 4.56. The van der Waals surface area contributed by atoms with Crippen LogP contribution in [-0.4, -0.2) is 16.4 Å². The number of rotatable bonds is 3. The lowest BCUT2D eigenvalue weighted by Gasteiger charge is -1.89. The van der Waals surface area contributed by atoms with Gasteiger partial charge in [-0.15, -0.1) is 0 Å². The summed E-state index contributed by atoms with van der Waals surface area (Å²) in [6.45, 7) is 1.59. The van der Waals surface area contributed by atoms with Gasteiger partial charge in [-0.25, -0.2) is 4.79 Å². The molecule has 0 rings (SSSR count). The molecule has 0 aliphatic carbocycles. The molecule has 0 fully saturated rings. The van der Waals surface area contributed by atoms with Crippen LogP contribution in [0.5, 0.6) is 0 Å². The van der Waals surface area contributed by atoms with Crippen LogP contribution in [0.25, 0.3) is 0 Å². The van der Waals surface area contributed by atoms with E-state index >= 15 is 0 Å². The molecule has 0 heterocycles. The summed E-state index contributed by atoms with van der Waals surface area (Å²) in [6.07, 6.45) is 2.47. The molecule has 0 spiro atoms. The molecule has 0 aliphatic rings. The monoisotopic (exact) mass is 192 g/mol. The summed E-state index contributed by atoms with van der Waals surface area (Å²) in [5, 5.41) is 9.14. The normalized spacial score (nSPS) is 11.6. The van der Waals surface area contributed by atoms with E-state index in [0.717, 1.165) is 11.8 Å². The van der Waals surface area contributed by atoms with Gasteiger partial charge in [0.15, 0.2) is 0 Å². The molecule has 1 N–H and O–H groups in total. The van der Waals surface area contributed by atoms with Crippen molar-refractivity contribution in [3.05, 3.63) is 11.6 Å². The Morgan fingerprint density at radius 2 is 2.33 bits per heavy atom. The summed E-state index contributed by atoms with van der Waals surface area (Å²) in [6, 6.07) is 0. The zero-order valence-corrected chi connectivity index (χ0v) is 6.81. The zero-order chi connectivity index (χ0) is 7.28. The highest BCUT2D eigenvalue weighted by Crippen LogP contribution is 1.96. The van der Waals surface area contributed by atoms with E-state index < -0.39 is 5.97 Å². The third-order valence-electron chi connectivity index (χ3n) is 0.897.